The molecule has 1 rings (SSSR count). The maximum absolute atomic E-state index is 5.44. The molecular weight excluding hydrogens is 230 g/mol. The van der Waals surface area contributed by atoms with E-state index in [1.807, 2.05) is 12.3 Å². The van der Waals surface area contributed by atoms with Gasteiger partial charge in [-0.05, 0) is 34.6 Å². The molecule has 0 aliphatic heterocycles. The molecule has 1 heterocycles. The summed E-state index contributed by atoms with van der Waals surface area (Å²) in [5.41, 5.74) is 6.65. The summed E-state index contributed by atoms with van der Waals surface area (Å²) in [6.07, 6.45) is 1.87. The molecule has 4 heteroatoms. The second kappa shape index (κ2) is 5.32. The Morgan fingerprint density at radius 2 is 2.31 bits per heavy atom. The smallest absolute Gasteiger partial charge is 0.106 e. The zero-order valence-corrected chi connectivity index (χ0v) is 9.29. The van der Waals surface area contributed by atoms with Crippen molar-refractivity contribution in [1.82, 2.24) is 9.88 Å². The van der Waals surface area contributed by atoms with Crippen molar-refractivity contribution in [3.05, 3.63) is 28.5 Å². The molecule has 0 fully saturated rings. The minimum absolute atomic E-state index is 0.695. The Morgan fingerprint density at radius 1 is 1.54 bits per heavy atom. The summed E-state index contributed by atoms with van der Waals surface area (Å²) in [6, 6.07) is 4.01. The summed E-state index contributed by atoms with van der Waals surface area (Å²) in [5.74, 6) is 0. The molecule has 0 amide bonds. The first kappa shape index (κ1) is 10.6. The van der Waals surface area contributed by atoms with E-state index in [1.165, 1.54) is 5.56 Å². The summed E-state index contributed by atoms with van der Waals surface area (Å²) < 4.78 is 0.873. The highest BCUT2D eigenvalue weighted by Crippen LogP contribution is 2.07. The maximum Gasteiger partial charge on any atom is 0.106 e. The maximum atomic E-state index is 5.44. The van der Waals surface area contributed by atoms with Crippen LogP contribution in [-0.2, 0) is 6.54 Å². The van der Waals surface area contributed by atoms with Gasteiger partial charge in [0, 0.05) is 25.8 Å². The number of nitrogens with two attached hydrogens (primary N) is 1. The van der Waals surface area contributed by atoms with Crippen molar-refractivity contribution in [2.45, 2.75) is 6.54 Å². The summed E-state index contributed by atoms with van der Waals surface area (Å²) >= 11 is 3.30. The summed E-state index contributed by atoms with van der Waals surface area (Å²) in [7, 11) is 2.05. The monoisotopic (exact) mass is 243 g/mol. The quantitative estimate of drug-likeness (QED) is 0.810. The third-order valence-electron chi connectivity index (χ3n) is 1.75. The van der Waals surface area contributed by atoms with Crippen LogP contribution in [0.1, 0.15) is 5.56 Å². The highest BCUT2D eigenvalue weighted by atomic mass is 79.9. The van der Waals surface area contributed by atoms with Gasteiger partial charge in [-0.2, -0.15) is 0 Å². The third kappa shape index (κ3) is 3.85. The molecule has 1 aromatic rings. The number of hydrogen-bond acceptors (Lipinski definition) is 3. The summed E-state index contributed by atoms with van der Waals surface area (Å²) in [6.45, 7) is 2.51. The van der Waals surface area contributed by atoms with Gasteiger partial charge in [0.25, 0.3) is 0 Å². The Labute approximate surface area is 87.1 Å². The number of hydrogen-bond donors (Lipinski definition) is 1. The van der Waals surface area contributed by atoms with Crippen molar-refractivity contribution < 1.29 is 0 Å². The highest BCUT2D eigenvalue weighted by molar-refractivity contribution is 9.10. The molecule has 72 valence electrons. The molecule has 0 spiro atoms. The molecule has 13 heavy (non-hydrogen) atoms. The van der Waals surface area contributed by atoms with Gasteiger partial charge in [-0.25, -0.2) is 4.98 Å². The zero-order valence-electron chi connectivity index (χ0n) is 7.70. The summed E-state index contributed by atoms with van der Waals surface area (Å²) in [5, 5.41) is 0. The van der Waals surface area contributed by atoms with Crippen molar-refractivity contribution in [3.63, 3.8) is 0 Å². The van der Waals surface area contributed by atoms with E-state index in [1.54, 1.807) is 0 Å². The molecule has 3 nitrogen and oxygen atoms in total. The first-order valence-corrected chi connectivity index (χ1v) is 5.00. The van der Waals surface area contributed by atoms with E-state index in [9.17, 15) is 0 Å². The Balaban J connectivity index is 2.49. The van der Waals surface area contributed by atoms with E-state index < -0.39 is 0 Å². The van der Waals surface area contributed by atoms with Crippen LogP contribution < -0.4 is 5.73 Å². The lowest BCUT2D eigenvalue weighted by molar-refractivity contribution is 0.336. The van der Waals surface area contributed by atoms with Crippen LogP contribution in [0.3, 0.4) is 0 Å². The van der Waals surface area contributed by atoms with E-state index in [4.69, 9.17) is 5.73 Å². The van der Waals surface area contributed by atoms with Crippen molar-refractivity contribution in [3.8, 4) is 0 Å². The van der Waals surface area contributed by atoms with E-state index >= 15 is 0 Å². The molecule has 0 unspecified atom stereocenters. The van der Waals surface area contributed by atoms with Gasteiger partial charge in [0.15, 0.2) is 0 Å². The fourth-order valence-electron chi connectivity index (χ4n) is 1.11. The minimum atomic E-state index is 0.695. The van der Waals surface area contributed by atoms with Crippen molar-refractivity contribution in [1.29, 1.82) is 0 Å². The van der Waals surface area contributed by atoms with Crippen LogP contribution in [0, 0.1) is 0 Å². The van der Waals surface area contributed by atoms with Crippen LogP contribution in [0.25, 0.3) is 0 Å². The van der Waals surface area contributed by atoms with Crippen molar-refractivity contribution >= 4 is 15.9 Å². The van der Waals surface area contributed by atoms with Gasteiger partial charge >= 0.3 is 0 Å². The molecule has 0 radical (unpaired) electrons. The number of likely N-dealkylation sites (N-methyl/N-ethyl adjacent to an activating group) is 1. The normalized spacial score (nSPS) is 10.8. The number of halogens is 1. The summed E-state index contributed by atoms with van der Waals surface area (Å²) in [4.78, 5) is 6.32. The fourth-order valence-corrected chi connectivity index (χ4v) is 1.35. The minimum Gasteiger partial charge on any atom is -0.329 e. The van der Waals surface area contributed by atoms with Crippen LogP contribution in [0.4, 0.5) is 0 Å². The van der Waals surface area contributed by atoms with E-state index in [0.29, 0.717) is 6.54 Å². The number of pyridine rings is 1. The van der Waals surface area contributed by atoms with E-state index in [0.717, 1.165) is 17.7 Å². The Bertz CT molecular complexity index is 248. The molecule has 1 aromatic heterocycles. The van der Waals surface area contributed by atoms with Gasteiger partial charge in [-0.15, -0.1) is 0 Å². The van der Waals surface area contributed by atoms with Crippen LogP contribution >= 0.6 is 15.9 Å². The van der Waals surface area contributed by atoms with E-state index in [-0.39, 0.29) is 0 Å². The van der Waals surface area contributed by atoms with E-state index in [2.05, 4.69) is 38.9 Å². The second-order valence-corrected chi connectivity index (χ2v) is 3.83. The van der Waals surface area contributed by atoms with Gasteiger partial charge in [0.05, 0.1) is 0 Å². The number of aromatic nitrogens is 1. The Kier molecular flexibility index (Phi) is 4.35. The first-order valence-electron chi connectivity index (χ1n) is 4.21. The highest BCUT2D eigenvalue weighted by Gasteiger charge is 1.98. The molecule has 0 saturated carbocycles. The van der Waals surface area contributed by atoms with Gasteiger partial charge in [-0.1, -0.05) is 6.07 Å². The van der Waals surface area contributed by atoms with Gasteiger partial charge in [-0.3, -0.25) is 0 Å². The lowest BCUT2D eigenvalue weighted by Crippen LogP contribution is -2.24. The predicted molar refractivity (Wildman–Crippen MR) is 57.3 cm³/mol. The predicted octanol–water partition coefficient (Wildman–Crippen LogP) is 1.23. The molecule has 2 N–H and O–H groups in total. The molecule has 0 aromatic carbocycles. The van der Waals surface area contributed by atoms with Crippen molar-refractivity contribution in [2.24, 2.45) is 5.73 Å². The first-order chi connectivity index (χ1) is 6.22. The topological polar surface area (TPSA) is 42.1 Å². The molecule has 0 atom stereocenters. The zero-order chi connectivity index (χ0) is 9.68. The number of nitrogens with zero attached hydrogens (tertiary/aromatic N) is 2. The van der Waals surface area contributed by atoms with Crippen LogP contribution in [0.2, 0.25) is 0 Å². The third-order valence-corrected chi connectivity index (χ3v) is 2.22. The standard InChI is InChI=1S/C9H14BrN3/c1-13(5-4-11)7-8-2-3-9(10)12-6-8/h2-3,6H,4-5,7,11H2,1H3. The second-order valence-electron chi connectivity index (χ2n) is 3.02. The fraction of sp³-hybridized carbons (Fsp3) is 0.444. The lowest BCUT2D eigenvalue weighted by Gasteiger charge is -2.14. The molecular formula is C9H14BrN3. The molecule has 0 bridgehead atoms. The van der Waals surface area contributed by atoms with Crippen molar-refractivity contribution in [2.75, 3.05) is 20.1 Å². The lowest BCUT2D eigenvalue weighted by atomic mass is 10.3. The van der Waals surface area contributed by atoms with Crippen LogP contribution in [0.15, 0.2) is 22.9 Å². The number of rotatable bonds is 4. The molecule has 0 saturated heterocycles. The average molecular weight is 244 g/mol. The van der Waals surface area contributed by atoms with Crippen LogP contribution in [0.5, 0.6) is 0 Å². The SMILES string of the molecule is CN(CCN)Cc1ccc(Br)nc1. The molecule has 0 aliphatic carbocycles. The molecule has 0 aliphatic rings. The largest absolute Gasteiger partial charge is 0.329 e. The Morgan fingerprint density at radius 3 is 2.85 bits per heavy atom. The van der Waals surface area contributed by atoms with Crippen LogP contribution in [-0.4, -0.2) is 30.0 Å². The van der Waals surface area contributed by atoms with Gasteiger partial charge in [0.2, 0.25) is 0 Å². The van der Waals surface area contributed by atoms with Gasteiger partial charge < -0.3 is 10.6 Å². The van der Waals surface area contributed by atoms with Gasteiger partial charge in [0.1, 0.15) is 4.60 Å². The Hall–Kier alpha value is -0.450. The average Bonchev–Trinajstić information content (AvgIpc) is 2.09.